The lowest BCUT2D eigenvalue weighted by atomic mass is 9.46. The van der Waals surface area contributed by atoms with Crippen molar-refractivity contribution in [3.63, 3.8) is 0 Å². The van der Waals surface area contributed by atoms with Crippen molar-refractivity contribution >= 4 is 0 Å². The van der Waals surface area contributed by atoms with Gasteiger partial charge in [-0.3, -0.25) is 0 Å². The van der Waals surface area contributed by atoms with Gasteiger partial charge in [-0.25, -0.2) is 0 Å². The van der Waals surface area contributed by atoms with Crippen molar-refractivity contribution in [2.24, 2.45) is 22.7 Å². The highest BCUT2D eigenvalue weighted by molar-refractivity contribution is 5.14. The van der Waals surface area contributed by atoms with E-state index < -0.39 is 0 Å². The maximum atomic E-state index is 6.31. The second-order valence-electron chi connectivity index (χ2n) is 7.80. The van der Waals surface area contributed by atoms with Gasteiger partial charge in [-0.15, -0.1) is 0 Å². The molecule has 2 saturated carbocycles. The van der Waals surface area contributed by atoms with Crippen molar-refractivity contribution in [2.75, 3.05) is 6.61 Å². The first-order valence-electron chi connectivity index (χ1n) is 7.55. The Morgan fingerprint density at radius 3 is 2.41 bits per heavy atom. The molecule has 0 N–H and O–H groups in total. The molecule has 0 bridgehead atoms. The van der Waals surface area contributed by atoms with E-state index >= 15 is 0 Å². The third-order valence-corrected chi connectivity index (χ3v) is 6.90. The van der Waals surface area contributed by atoms with E-state index in [-0.39, 0.29) is 5.60 Å². The molecule has 4 atom stereocenters. The second kappa shape index (κ2) is 3.50. The molecular formula is C16H28O. The van der Waals surface area contributed by atoms with E-state index in [9.17, 15) is 0 Å². The van der Waals surface area contributed by atoms with Gasteiger partial charge >= 0.3 is 0 Å². The van der Waals surface area contributed by atoms with Crippen LogP contribution in [0.15, 0.2) is 0 Å². The molecule has 4 unspecified atom stereocenters. The van der Waals surface area contributed by atoms with E-state index in [0.717, 1.165) is 18.4 Å². The van der Waals surface area contributed by atoms with Crippen molar-refractivity contribution in [3.8, 4) is 0 Å². The first-order chi connectivity index (χ1) is 7.91. The van der Waals surface area contributed by atoms with E-state index in [4.69, 9.17) is 4.74 Å². The summed E-state index contributed by atoms with van der Waals surface area (Å²) in [5.74, 6) is 1.90. The summed E-state index contributed by atoms with van der Waals surface area (Å²) >= 11 is 0. The van der Waals surface area contributed by atoms with E-state index in [1.807, 2.05) is 0 Å². The predicted octanol–water partition coefficient (Wildman–Crippen LogP) is 4.41. The smallest absolute Gasteiger partial charge is 0.0716 e. The number of fused-ring (bicyclic) bond motifs is 3. The van der Waals surface area contributed by atoms with Gasteiger partial charge in [0.15, 0.2) is 0 Å². The Labute approximate surface area is 106 Å². The molecule has 1 heteroatoms. The fraction of sp³-hybridized carbons (Fsp3) is 1.00. The van der Waals surface area contributed by atoms with Gasteiger partial charge in [0, 0.05) is 5.41 Å². The zero-order valence-corrected chi connectivity index (χ0v) is 12.0. The zero-order valence-electron chi connectivity index (χ0n) is 12.0. The minimum atomic E-state index is 0.148. The summed E-state index contributed by atoms with van der Waals surface area (Å²) in [4.78, 5) is 0. The fourth-order valence-electron chi connectivity index (χ4n) is 5.36. The van der Waals surface area contributed by atoms with Gasteiger partial charge in [0.2, 0.25) is 0 Å². The fourth-order valence-corrected chi connectivity index (χ4v) is 5.36. The first kappa shape index (κ1) is 12.0. The van der Waals surface area contributed by atoms with Crippen LogP contribution >= 0.6 is 0 Å². The lowest BCUT2D eigenvalue weighted by Gasteiger charge is -2.58. The Hall–Kier alpha value is -0.0400. The molecule has 1 aliphatic heterocycles. The Kier molecular flexibility index (Phi) is 2.47. The summed E-state index contributed by atoms with van der Waals surface area (Å²) in [7, 11) is 0. The van der Waals surface area contributed by atoms with Crippen molar-refractivity contribution < 1.29 is 4.74 Å². The molecule has 1 saturated heterocycles. The summed E-state index contributed by atoms with van der Waals surface area (Å²) in [5, 5.41) is 0. The average molecular weight is 236 g/mol. The molecule has 1 heterocycles. The van der Waals surface area contributed by atoms with E-state index in [0.29, 0.717) is 10.8 Å². The van der Waals surface area contributed by atoms with Crippen LogP contribution in [0.25, 0.3) is 0 Å². The van der Waals surface area contributed by atoms with Gasteiger partial charge in [-0.05, 0) is 43.4 Å². The van der Waals surface area contributed by atoms with Crippen LogP contribution in [0.2, 0.25) is 0 Å². The summed E-state index contributed by atoms with van der Waals surface area (Å²) in [6, 6.07) is 0. The number of rotatable bonds is 0. The van der Waals surface area contributed by atoms with Gasteiger partial charge in [0.25, 0.3) is 0 Å². The van der Waals surface area contributed by atoms with Crippen molar-refractivity contribution in [3.05, 3.63) is 0 Å². The number of hydrogen-bond acceptors (Lipinski definition) is 1. The summed E-state index contributed by atoms with van der Waals surface area (Å²) in [6.07, 6.45) is 8.54. The normalized spacial score (nSPS) is 52.9. The highest BCUT2D eigenvalue weighted by atomic mass is 16.5. The van der Waals surface area contributed by atoms with E-state index in [1.165, 1.54) is 38.5 Å². The highest BCUT2D eigenvalue weighted by Crippen LogP contribution is 2.67. The summed E-state index contributed by atoms with van der Waals surface area (Å²) in [6.45, 7) is 10.8. The molecule has 0 amide bonds. The van der Waals surface area contributed by atoms with Gasteiger partial charge in [-0.2, -0.15) is 0 Å². The molecule has 98 valence electrons. The SMILES string of the molecule is CC1(C)COC2(C)CCC3CCCCC3C12C. The third kappa shape index (κ3) is 1.35. The van der Waals surface area contributed by atoms with Gasteiger partial charge in [-0.1, -0.05) is 40.0 Å². The molecule has 0 aromatic rings. The zero-order chi connectivity index (χ0) is 12.3. The Balaban J connectivity index is 2.03. The molecule has 3 fully saturated rings. The Bertz CT molecular complexity index is 321. The second-order valence-corrected chi connectivity index (χ2v) is 7.80. The molecule has 1 nitrogen and oxygen atoms in total. The maximum absolute atomic E-state index is 6.31. The summed E-state index contributed by atoms with van der Waals surface area (Å²) in [5.41, 5.74) is 0.890. The molecule has 17 heavy (non-hydrogen) atoms. The third-order valence-electron chi connectivity index (χ3n) is 6.90. The molecular weight excluding hydrogens is 208 g/mol. The van der Waals surface area contributed by atoms with Crippen LogP contribution in [0.4, 0.5) is 0 Å². The van der Waals surface area contributed by atoms with Gasteiger partial charge in [0.1, 0.15) is 0 Å². The van der Waals surface area contributed by atoms with Gasteiger partial charge < -0.3 is 4.74 Å². The van der Waals surface area contributed by atoms with E-state index in [1.54, 1.807) is 0 Å². The van der Waals surface area contributed by atoms with Gasteiger partial charge in [0.05, 0.1) is 12.2 Å². The monoisotopic (exact) mass is 236 g/mol. The molecule has 0 aromatic carbocycles. The standard InChI is InChI=1S/C16H28O/c1-14(2)11-17-15(3)10-9-12-7-5-6-8-13(12)16(14,15)4/h12-13H,5-11H2,1-4H3. The van der Waals surface area contributed by atoms with Crippen LogP contribution in [0, 0.1) is 22.7 Å². The van der Waals surface area contributed by atoms with Crippen LogP contribution in [0.1, 0.15) is 66.2 Å². The largest absolute Gasteiger partial charge is 0.374 e. The summed E-state index contributed by atoms with van der Waals surface area (Å²) < 4.78 is 6.31. The van der Waals surface area contributed by atoms with Crippen LogP contribution in [0.3, 0.4) is 0 Å². The topological polar surface area (TPSA) is 9.23 Å². The molecule has 0 aromatic heterocycles. The van der Waals surface area contributed by atoms with Crippen molar-refractivity contribution in [2.45, 2.75) is 71.8 Å². The van der Waals surface area contributed by atoms with Crippen LogP contribution in [0.5, 0.6) is 0 Å². The molecule has 2 aliphatic carbocycles. The molecule has 0 spiro atoms. The van der Waals surface area contributed by atoms with Crippen LogP contribution in [-0.2, 0) is 4.74 Å². The Morgan fingerprint density at radius 1 is 0.941 bits per heavy atom. The lowest BCUT2D eigenvalue weighted by molar-refractivity contribution is -0.140. The predicted molar refractivity (Wildman–Crippen MR) is 70.9 cm³/mol. The minimum Gasteiger partial charge on any atom is -0.374 e. The minimum absolute atomic E-state index is 0.148. The number of ether oxygens (including phenoxy) is 1. The van der Waals surface area contributed by atoms with E-state index in [2.05, 4.69) is 27.7 Å². The quantitative estimate of drug-likeness (QED) is 0.605. The average Bonchev–Trinajstić information content (AvgIpc) is 2.50. The van der Waals surface area contributed by atoms with Crippen LogP contribution in [-0.4, -0.2) is 12.2 Å². The molecule has 0 radical (unpaired) electrons. The maximum Gasteiger partial charge on any atom is 0.0716 e. The molecule has 3 aliphatic rings. The lowest BCUT2D eigenvalue weighted by Crippen LogP contribution is -2.57. The van der Waals surface area contributed by atoms with Crippen LogP contribution < -0.4 is 0 Å². The Morgan fingerprint density at radius 2 is 1.65 bits per heavy atom. The molecule has 3 rings (SSSR count). The highest BCUT2D eigenvalue weighted by Gasteiger charge is 2.66. The first-order valence-corrected chi connectivity index (χ1v) is 7.55. The van der Waals surface area contributed by atoms with Crippen molar-refractivity contribution in [1.82, 2.24) is 0 Å². The number of hydrogen-bond donors (Lipinski definition) is 0. The van der Waals surface area contributed by atoms with Crippen molar-refractivity contribution in [1.29, 1.82) is 0 Å².